The maximum Gasteiger partial charge on any atom is 0.238 e. The van der Waals surface area contributed by atoms with Crippen molar-refractivity contribution in [2.24, 2.45) is 5.14 Å². The number of alkyl halides is 1. The summed E-state index contributed by atoms with van der Waals surface area (Å²) in [4.78, 5) is 11.1. The zero-order chi connectivity index (χ0) is 13.2. The molecule has 0 saturated carbocycles. The number of nitrogens with one attached hydrogen (secondary N) is 1. The molecule has 0 aliphatic heterocycles. The van der Waals surface area contributed by atoms with Gasteiger partial charge in [0.15, 0.2) is 0 Å². The summed E-state index contributed by atoms with van der Waals surface area (Å²) in [7, 11) is -3.78. The van der Waals surface area contributed by atoms with E-state index in [0.29, 0.717) is 11.3 Å². The van der Waals surface area contributed by atoms with E-state index < -0.39 is 10.0 Å². The highest BCUT2D eigenvalue weighted by Crippen LogP contribution is 2.22. The van der Waals surface area contributed by atoms with Crippen molar-refractivity contribution in [3.05, 3.63) is 23.8 Å². The molecule has 0 bridgehead atoms. The summed E-state index contributed by atoms with van der Waals surface area (Å²) in [6.45, 7) is 3.27. The minimum Gasteiger partial charge on any atom is -0.325 e. The molecule has 1 aromatic carbocycles. The second-order valence-corrected chi connectivity index (χ2v) is 6.48. The van der Waals surface area contributed by atoms with Gasteiger partial charge in [-0.3, -0.25) is 4.79 Å². The number of carbonyl (C=O) groups is 1. The second-order valence-electron chi connectivity index (χ2n) is 3.58. The number of primary sulfonamides is 1. The summed E-state index contributed by atoms with van der Waals surface area (Å²) in [5.41, 5.74) is 0.865. The molecule has 94 valence electrons. The Hall–Kier alpha value is -0.920. The van der Waals surface area contributed by atoms with Crippen LogP contribution in [0.25, 0.3) is 0 Å². The first-order chi connectivity index (χ1) is 7.73. The molecule has 0 saturated heterocycles. The third-order valence-corrected chi connectivity index (χ3v) is 3.68. The Balaban J connectivity index is 3.16. The minimum atomic E-state index is -3.78. The molecule has 17 heavy (non-hydrogen) atoms. The van der Waals surface area contributed by atoms with Crippen LogP contribution in [0.3, 0.4) is 0 Å². The normalized spacial score (nSPS) is 13.2. The largest absolute Gasteiger partial charge is 0.325 e. The molecule has 0 radical (unpaired) electrons. The van der Waals surface area contributed by atoms with Crippen molar-refractivity contribution in [3.63, 3.8) is 0 Å². The summed E-state index contributed by atoms with van der Waals surface area (Å²) in [5.74, 6) is -0.250. The number of hydrogen-bond acceptors (Lipinski definition) is 3. The van der Waals surface area contributed by atoms with E-state index in [-0.39, 0.29) is 15.6 Å². The van der Waals surface area contributed by atoms with Gasteiger partial charge in [0.25, 0.3) is 0 Å². The molecule has 0 aliphatic rings. The highest BCUT2D eigenvalue weighted by Gasteiger charge is 2.16. The Bertz CT molecular complexity index is 540. The lowest BCUT2D eigenvalue weighted by atomic mass is 10.2. The van der Waals surface area contributed by atoms with Crippen LogP contribution >= 0.6 is 15.9 Å². The summed E-state index contributed by atoms with van der Waals surface area (Å²) < 4.78 is 22.6. The quantitative estimate of drug-likeness (QED) is 0.824. The maximum atomic E-state index is 11.5. The van der Waals surface area contributed by atoms with Crippen molar-refractivity contribution < 1.29 is 13.2 Å². The molecule has 0 spiro atoms. The van der Waals surface area contributed by atoms with Gasteiger partial charge in [-0.05, 0) is 31.5 Å². The van der Waals surface area contributed by atoms with Gasteiger partial charge in [0.05, 0.1) is 9.72 Å². The van der Waals surface area contributed by atoms with E-state index in [1.54, 1.807) is 19.9 Å². The predicted molar refractivity (Wildman–Crippen MR) is 69.6 cm³/mol. The highest BCUT2D eigenvalue weighted by atomic mass is 79.9. The van der Waals surface area contributed by atoms with Crippen molar-refractivity contribution in [2.75, 3.05) is 5.32 Å². The summed E-state index contributed by atoms with van der Waals surface area (Å²) in [5, 5.41) is 7.68. The van der Waals surface area contributed by atoms with E-state index in [1.165, 1.54) is 12.1 Å². The van der Waals surface area contributed by atoms with E-state index in [4.69, 9.17) is 5.14 Å². The molecule has 0 aliphatic carbocycles. The average molecular weight is 321 g/mol. The van der Waals surface area contributed by atoms with Gasteiger partial charge >= 0.3 is 0 Å². The van der Waals surface area contributed by atoms with Gasteiger partial charge in [-0.25, -0.2) is 13.6 Å². The van der Waals surface area contributed by atoms with Crippen LogP contribution in [0.15, 0.2) is 23.1 Å². The maximum absolute atomic E-state index is 11.5. The van der Waals surface area contributed by atoms with Gasteiger partial charge in [-0.2, -0.15) is 0 Å². The van der Waals surface area contributed by atoms with E-state index in [9.17, 15) is 13.2 Å². The topological polar surface area (TPSA) is 89.3 Å². The van der Waals surface area contributed by atoms with Crippen molar-refractivity contribution >= 4 is 37.5 Å². The van der Waals surface area contributed by atoms with Crippen LogP contribution in [0.1, 0.15) is 12.5 Å². The molecular weight excluding hydrogens is 308 g/mol. The van der Waals surface area contributed by atoms with Crippen LogP contribution in [0, 0.1) is 6.92 Å². The van der Waals surface area contributed by atoms with Gasteiger partial charge in [0.2, 0.25) is 15.9 Å². The van der Waals surface area contributed by atoms with Crippen LogP contribution in [0.4, 0.5) is 5.69 Å². The number of nitrogens with two attached hydrogens (primary N) is 1. The molecule has 1 unspecified atom stereocenters. The van der Waals surface area contributed by atoms with Gasteiger partial charge in [-0.15, -0.1) is 0 Å². The minimum absolute atomic E-state index is 0.0116. The summed E-state index contributed by atoms with van der Waals surface area (Å²) in [6, 6.07) is 4.55. The van der Waals surface area contributed by atoms with Crippen LogP contribution in [0.2, 0.25) is 0 Å². The fourth-order valence-electron chi connectivity index (χ4n) is 1.29. The summed E-state index contributed by atoms with van der Waals surface area (Å²) >= 11 is 3.12. The first kappa shape index (κ1) is 14.1. The zero-order valence-corrected chi connectivity index (χ0v) is 11.8. The Kier molecular flexibility index (Phi) is 4.29. The van der Waals surface area contributed by atoms with E-state index in [0.717, 1.165) is 0 Å². The second kappa shape index (κ2) is 5.16. The first-order valence-corrected chi connectivity index (χ1v) is 7.27. The lowest BCUT2D eigenvalue weighted by Crippen LogP contribution is -2.21. The van der Waals surface area contributed by atoms with Crippen LogP contribution in [0.5, 0.6) is 0 Å². The predicted octanol–water partition coefficient (Wildman–Crippen LogP) is 1.36. The standard InChI is InChI=1S/C10H13BrN2O3S/c1-6-8(13-10(14)7(2)11)4-3-5-9(6)17(12,15)16/h3-5,7H,1-2H3,(H,13,14)(H2,12,15,16). The number of rotatable bonds is 3. The lowest BCUT2D eigenvalue weighted by molar-refractivity contribution is -0.115. The SMILES string of the molecule is Cc1c(NC(=O)C(C)Br)cccc1S(N)(=O)=O. The Morgan fingerprint density at radius 3 is 2.53 bits per heavy atom. The van der Waals surface area contributed by atoms with Gasteiger partial charge in [0.1, 0.15) is 0 Å². The number of halogens is 1. The molecule has 7 heteroatoms. The average Bonchev–Trinajstić information content (AvgIpc) is 2.19. The number of carbonyl (C=O) groups excluding carboxylic acids is 1. The van der Waals surface area contributed by atoms with Crippen molar-refractivity contribution in [2.45, 2.75) is 23.6 Å². The highest BCUT2D eigenvalue weighted by molar-refractivity contribution is 9.10. The van der Waals surface area contributed by atoms with Crippen LogP contribution in [-0.4, -0.2) is 19.2 Å². The molecule has 0 aromatic heterocycles. The molecule has 1 rings (SSSR count). The summed E-state index contributed by atoms with van der Waals surface area (Å²) in [6.07, 6.45) is 0. The Labute approximate surface area is 109 Å². The number of benzene rings is 1. The molecule has 5 nitrogen and oxygen atoms in total. The smallest absolute Gasteiger partial charge is 0.238 e. The van der Waals surface area contributed by atoms with Crippen LogP contribution < -0.4 is 10.5 Å². The van der Waals surface area contributed by atoms with E-state index >= 15 is 0 Å². The first-order valence-electron chi connectivity index (χ1n) is 4.81. The van der Waals surface area contributed by atoms with E-state index in [2.05, 4.69) is 21.2 Å². The number of anilines is 1. The number of hydrogen-bond donors (Lipinski definition) is 2. The van der Waals surface area contributed by atoms with Crippen molar-refractivity contribution in [3.8, 4) is 0 Å². The Morgan fingerprint density at radius 2 is 2.06 bits per heavy atom. The molecule has 1 aromatic rings. The molecule has 0 fully saturated rings. The molecule has 1 atom stereocenters. The molecule has 0 heterocycles. The van der Waals surface area contributed by atoms with Gasteiger partial charge < -0.3 is 5.32 Å². The van der Waals surface area contributed by atoms with Gasteiger partial charge in [0, 0.05) is 5.69 Å². The number of amides is 1. The van der Waals surface area contributed by atoms with Crippen molar-refractivity contribution in [1.29, 1.82) is 0 Å². The molecule has 3 N–H and O–H groups in total. The molecule has 1 amide bonds. The fraction of sp³-hybridized carbons (Fsp3) is 0.300. The third-order valence-electron chi connectivity index (χ3n) is 2.21. The third kappa shape index (κ3) is 3.52. The van der Waals surface area contributed by atoms with E-state index in [1.807, 2.05) is 0 Å². The lowest BCUT2D eigenvalue weighted by Gasteiger charge is -2.12. The van der Waals surface area contributed by atoms with Crippen LogP contribution in [-0.2, 0) is 14.8 Å². The fourth-order valence-corrected chi connectivity index (χ4v) is 2.21. The number of sulfonamides is 1. The Morgan fingerprint density at radius 1 is 1.47 bits per heavy atom. The zero-order valence-electron chi connectivity index (χ0n) is 9.40. The van der Waals surface area contributed by atoms with Crippen molar-refractivity contribution in [1.82, 2.24) is 0 Å². The van der Waals surface area contributed by atoms with Gasteiger partial charge in [-0.1, -0.05) is 22.0 Å². The molecular formula is C10H13BrN2O3S. The monoisotopic (exact) mass is 320 g/mol.